The van der Waals surface area contributed by atoms with Crippen molar-refractivity contribution in [3.63, 3.8) is 0 Å². The second-order valence-corrected chi connectivity index (χ2v) is 8.28. The largest absolute Gasteiger partial charge is 0.378 e. The Morgan fingerprint density at radius 3 is 2.58 bits per heavy atom. The lowest BCUT2D eigenvalue weighted by Gasteiger charge is -2.27. The molecule has 0 saturated carbocycles. The zero-order chi connectivity index (χ0) is 18.1. The van der Waals surface area contributed by atoms with Gasteiger partial charge in [-0.15, -0.1) is 0 Å². The van der Waals surface area contributed by atoms with Gasteiger partial charge < -0.3 is 9.64 Å². The van der Waals surface area contributed by atoms with E-state index >= 15 is 0 Å². The molecule has 0 amide bonds. The summed E-state index contributed by atoms with van der Waals surface area (Å²) in [5, 5.41) is 0. The Bertz CT molecular complexity index is 1060. The number of hydrogen-bond donors (Lipinski definition) is 0. The highest BCUT2D eigenvalue weighted by Crippen LogP contribution is 2.29. The van der Waals surface area contributed by atoms with E-state index < -0.39 is 9.84 Å². The van der Waals surface area contributed by atoms with Crippen molar-refractivity contribution in [2.75, 3.05) is 37.5 Å². The number of anilines is 1. The van der Waals surface area contributed by atoms with Crippen molar-refractivity contribution in [3.05, 3.63) is 48.7 Å². The van der Waals surface area contributed by atoms with Gasteiger partial charge in [-0.3, -0.25) is 4.98 Å². The number of ether oxygens (including phenoxy) is 1. The average Bonchev–Trinajstić information content (AvgIpc) is 2.67. The fourth-order valence-corrected chi connectivity index (χ4v) is 4.05. The van der Waals surface area contributed by atoms with E-state index in [1.165, 1.54) is 6.26 Å². The summed E-state index contributed by atoms with van der Waals surface area (Å²) in [4.78, 5) is 11.7. The van der Waals surface area contributed by atoms with Crippen molar-refractivity contribution in [2.24, 2.45) is 0 Å². The predicted molar refractivity (Wildman–Crippen MR) is 101 cm³/mol. The van der Waals surface area contributed by atoms with E-state index in [-0.39, 0.29) is 0 Å². The van der Waals surface area contributed by atoms with Crippen LogP contribution in [0, 0.1) is 0 Å². The van der Waals surface area contributed by atoms with Crippen molar-refractivity contribution in [2.45, 2.75) is 4.90 Å². The summed E-state index contributed by atoms with van der Waals surface area (Å²) in [6.07, 6.45) is 3.00. The molecule has 1 aromatic heterocycles. The second kappa shape index (κ2) is 6.66. The maximum atomic E-state index is 12.1. The number of nitrogens with zero attached hydrogens (tertiary/aromatic N) is 3. The monoisotopic (exact) mass is 369 g/mol. The van der Waals surface area contributed by atoms with Gasteiger partial charge >= 0.3 is 0 Å². The van der Waals surface area contributed by atoms with Crippen LogP contribution in [0.4, 0.5) is 5.82 Å². The molecular formula is C19H19N3O3S. The van der Waals surface area contributed by atoms with Gasteiger partial charge in [-0.2, -0.15) is 0 Å². The summed E-state index contributed by atoms with van der Waals surface area (Å²) in [5.41, 5.74) is 3.01. The molecule has 3 aromatic rings. The average molecular weight is 369 g/mol. The fourth-order valence-electron chi connectivity index (χ4n) is 3.14. The molecule has 0 unspecified atom stereocenters. The summed E-state index contributed by atoms with van der Waals surface area (Å²) >= 11 is 0. The Morgan fingerprint density at radius 1 is 1.04 bits per heavy atom. The van der Waals surface area contributed by atoms with Gasteiger partial charge in [0, 0.05) is 24.9 Å². The molecule has 1 aliphatic heterocycles. The van der Waals surface area contributed by atoms with Gasteiger partial charge in [0.2, 0.25) is 0 Å². The molecule has 1 aliphatic rings. The lowest BCUT2D eigenvalue weighted by atomic mass is 10.0. The summed E-state index contributed by atoms with van der Waals surface area (Å²) in [6.45, 7) is 2.94. The van der Waals surface area contributed by atoms with E-state index in [1.807, 2.05) is 30.3 Å². The van der Waals surface area contributed by atoms with E-state index in [0.29, 0.717) is 23.7 Å². The molecule has 0 radical (unpaired) electrons. The third-order valence-corrected chi connectivity index (χ3v) is 5.62. The molecule has 26 heavy (non-hydrogen) atoms. The van der Waals surface area contributed by atoms with E-state index in [9.17, 15) is 8.42 Å². The highest BCUT2D eigenvalue weighted by molar-refractivity contribution is 7.90. The molecule has 2 heterocycles. The summed E-state index contributed by atoms with van der Waals surface area (Å²) in [6, 6.07) is 12.7. The SMILES string of the molecule is CS(=O)(=O)c1ccccc1-c1ccc2ncc(N3CCOCC3)nc2c1. The smallest absolute Gasteiger partial charge is 0.176 e. The fraction of sp³-hybridized carbons (Fsp3) is 0.263. The van der Waals surface area contributed by atoms with Crippen LogP contribution >= 0.6 is 0 Å². The van der Waals surface area contributed by atoms with Crippen molar-refractivity contribution in [1.29, 1.82) is 0 Å². The number of sulfone groups is 1. The minimum Gasteiger partial charge on any atom is -0.378 e. The van der Waals surface area contributed by atoms with Gasteiger partial charge in [-0.25, -0.2) is 13.4 Å². The standard InChI is InChI=1S/C19H19N3O3S/c1-26(23,24)18-5-3-2-4-15(18)14-6-7-16-17(12-14)21-19(13-20-16)22-8-10-25-11-9-22/h2-7,12-13H,8-11H2,1H3. The zero-order valence-corrected chi connectivity index (χ0v) is 15.2. The zero-order valence-electron chi connectivity index (χ0n) is 14.4. The number of morpholine rings is 1. The number of fused-ring (bicyclic) bond motifs is 1. The van der Waals surface area contributed by atoms with Crippen LogP contribution in [0.15, 0.2) is 53.6 Å². The van der Waals surface area contributed by atoms with Gasteiger partial charge in [-0.05, 0) is 23.8 Å². The van der Waals surface area contributed by atoms with Crippen LogP contribution in [0.2, 0.25) is 0 Å². The molecule has 0 aliphatic carbocycles. The first-order chi connectivity index (χ1) is 12.5. The van der Waals surface area contributed by atoms with Crippen LogP contribution in [-0.4, -0.2) is 50.9 Å². The molecule has 1 saturated heterocycles. The third-order valence-electron chi connectivity index (χ3n) is 4.46. The maximum absolute atomic E-state index is 12.1. The van der Waals surface area contributed by atoms with E-state index in [2.05, 4.69) is 9.88 Å². The van der Waals surface area contributed by atoms with Crippen LogP contribution in [-0.2, 0) is 14.6 Å². The quantitative estimate of drug-likeness (QED) is 0.706. The number of benzene rings is 2. The van der Waals surface area contributed by atoms with Gasteiger partial charge in [0.05, 0.1) is 35.3 Å². The Balaban J connectivity index is 1.80. The first-order valence-electron chi connectivity index (χ1n) is 8.41. The van der Waals surface area contributed by atoms with Gasteiger partial charge in [0.15, 0.2) is 9.84 Å². The number of hydrogen-bond acceptors (Lipinski definition) is 6. The second-order valence-electron chi connectivity index (χ2n) is 6.30. The maximum Gasteiger partial charge on any atom is 0.176 e. The Labute approximate surface area is 152 Å². The number of rotatable bonds is 3. The first-order valence-corrected chi connectivity index (χ1v) is 10.3. The first kappa shape index (κ1) is 16.9. The summed E-state index contributed by atoms with van der Waals surface area (Å²) in [7, 11) is -3.32. The van der Waals surface area contributed by atoms with Crippen molar-refractivity contribution in [3.8, 4) is 11.1 Å². The Hall–Kier alpha value is -2.51. The van der Waals surface area contributed by atoms with Gasteiger partial charge in [0.25, 0.3) is 0 Å². The number of aromatic nitrogens is 2. The van der Waals surface area contributed by atoms with E-state index in [0.717, 1.165) is 35.5 Å². The highest BCUT2D eigenvalue weighted by atomic mass is 32.2. The molecule has 0 spiro atoms. The summed E-state index contributed by atoms with van der Waals surface area (Å²) < 4.78 is 29.6. The minimum absolute atomic E-state index is 0.316. The Kier molecular flexibility index (Phi) is 4.34. The van der Waals surface area contributed by atoms with Crippen LogP contribution in [0.25, 0.3) is 22.2 Å². The molecule has 7 heteroatoms. The topological polar surface area (TPSA) is 72.4 Å². The molecule has 0 bridgehead atoms. The molecule has 134 valence electrons. The Morgan fingerprint density at radius 2 is 1.81 bits per heavy atom. The third kappa shape index (κ3) is 3.27. The normalized spacial score (nSPS) is 15.3. The van der Waals surface area contributed by atoms with Crippen LogP contribution in [0.5, 0.6) is 0 Å². The predicted octanol–water partition coefficient (Wildman–Crippen LogP) is 2.54. The van der Waals surface area contributed by atoms with Gasteiger partial charge in [-0.1, -0.05) is 24.3 Å². The van der Waals surface area contributed by atoms with Gasteiger partial charge in [0.1, 0.15) is 5.82 Å². The van der Waals surface area contributed by atoms with Crippen LogP contribution in [0.3, 0.4) is 0 Å². The molecule has 4 rings (SSSR count). The lowest BCUT2D eigenvalue weighted by molar-refractivity contribution is 0.122. The minimum atomic E-state index is -3.32. The molecule has 1 fully saturated rings. The lowest BCUT2D eigenvalue weighted by Crippen LogP contribution is -2.36. The highest BCUT2D eigenvalue weighted by Gasteiger charge is 2.16. The molecular weight excluding hydrogens is 350 g/mol. The molecule has 0 atom stereocenters. The van der Waals surface area contributed by atoms with Crippen LogP contribution in [0.1, 0.15) is 0 Å². The molecule has 2 aromatic carbocycles. The van der Waals surface area contributed by atoms with Crippen LogP contribution < -0.4 is 4.90 Å². The summed E-state index contributed by atoms with van der Waals surface area (Å²) in [5.74, 6) is 0.814. The molecule has 6 nitrogen and oxygen atoms in total. The van der Waals surface area contributed by atoms with E-state index in [4.69, 9.17) is 9.72 Å². The van der Waals surface area contributed by atoms with Crippen molar-refractivity contribution < 1.29 is 13.2 Å². The van der Waals surface area contributed by atoms with Crippen molar-refractivity contribution >= 4 is 26.7 Å². The molecule has 0 N–H and O–H groups in total. The van der Waals surface area contributed by atoms with E-state index in [1.54, 1.807) is 18.3 Å². The van der Waals surface area contributed by atoms with Crippen molar-refractivity contribution in [1.82, 2.24) is 9.97 Å².